The Labute approximate surface area is 94.9 Å². The van der Waals surface area contributed by atoms with Crippen LogP contribution in [0.3, 0.4) is 0 Å². The van der Waals surface area contributed by atoms with E-state index in [2.05, 4.69) is 4.85 Å². The lowest BCUT2D eigenvalue weighted by Crippen LogP contribution is -1.86. The predicted molar refractivity (Wildman–Crippen MR) is 64.0 cm³/mol. The van der Waals surface area contributed by atoms with Crippen LogP contribution in [-0.4, -0.2) is 0 Å². The lowest BCUT2D eigenvalue weighted by Gasteiger charge is -2.07. The summed E-state index contributed by atoms with van der Waals surface area (Å²) in [5.41, 5.74) is 1.72. The number of para-hydroxylation sites is 1. The summed E-state index contributed by atoms with van der Waals surface area (Å²) in [5.74, 6) is 1.60. The molecule has 0 aliphatic carbocycles. The Bertz CT molecular complexity index is 523. The third-order valence-corrected chi connectivity index (χ3v) is 2.29. The highest BCUT2D eigenvalue weighted by Crippen LogP contribution is 2.26. The number of aryl methyl sites for hydroxylation is 1. The molecule has 2 aromatic rings. The standard InChI is InChI=1S/C14H11NO/c1-11-5-3-4-6-14(11)16-13-9-7-12(15-2)8-10-13/h3-10H,1H3. The Morgan fingerprint density at radius 2 is 1.69 bits per heavy atom. The summed E-state index contributed by atoms with van der Waals surface area (Å²) in [5, 5.41) is 0. The summed E-state index contributed by atoms with van der Waals surface area (Å²) < 4.78 is 5.71. The van der Waals surface area contributed by atoms with Crippen molar-refractivity contribution in [3.63, 3.8) is 0 Å². The molecule has 2 heteroatoms. The molecular formula is C14H11NO. The van der Waals surface area contributed by atoms with Crippen LogP contribution < -0.4 is 4.74 Å². The van der Waals surface area contributed by atoms with Gasteiger partial charge in [0.2, 0.25) is 0 Å². The maximum atomic E-state index is 6.85. The summed E-state index contributed by atoms with van der Waals surface area (Å²) in [6, 6.07) is 15.0. The first-order valence-corrected chi connectivity index (χ1v) is 5.00. The first-order valence-electron chi connectivity index (χ1n) is 5.00. The van der Waals surface area contributed by atoms with Crippen molar-refractivity contribution < 1.29 is 4.74 Å². The molecule has 0 aromatic heterocycles. The Morgan fingerprint density at radius 3 is 2.31 bits per heavy atom. The summed E-state index contributed by atoms with van der Waals surface area (Å²) >= 11 is 0. The van der Waals surface area contributed by atoms with E-state index in [0.29, 0.717) is 5.69 Å². The second-order valence-corrected chi connectivity index (χ2v) is 3.47. The molecule has 0 bridgehead atoms. The fourth-order valence-corrected chi connectivity index (χ4v) is 1.39. The molecule has 0 N–H and O–H groups in total. The third-order valence-electron chi connectivity index (χ3n) is 2.29. The summed E-state index contributed by atoms with van der Waals surface area (Å²) in [7, 11) is 0. The zero-order chi connectivity index (χ0) is 11.4. The van der Waals surface area contributed by atoms with Crippen LogP contribution >= 0.6 is 0 Å². The Morgan fingerprint density at radius 1 is 1.00 bits per heavy atom. The molecule has 2 aromatic carbocycles. The highest BCUT2D eigenvalue weighted by Gasteiger charge is 1.99. The highest BCUT2D eigenvalue weighted by atomic mass is 16.5. The average molecular weight is 209 g/mol. The van der Waals surface area contributed by atoms with Gasteiger partial charge in [0.15, 0.2) is 5.69 Å². The molecule has 0 aliphatic heterocycles. The van der Waals surface area contributed by atoms with Crippen LogP contribution in [0.4, 0.5) is 5.69 Å². The summed E-state index contributed by atoms with van der Waals surface area (Å²) in [4.78, 5) is 3.33. The minimum absolute atomic E-state index is 0.622. The van der Waals surface area contributed by atoms with Crippen molar-refractivity contribution in [1.29, 1.82) is 0 Å². The van der Waals surface area contributed by atoms with Crippen LogP contribution in [0.5, 0.6) is 11.5 Å². The highest BCUT2D eigenvalue weighted by molar-refractivity contribution is 5.48. The van der Waals surface area contributed by atoms with Gasteiger partial charge in [0.25, 0.3) is 0 Å². The van der Waals surface area contributed by atoms with Crippen molar-refractivity contribution >= 4 is 5.69 Å². The Kier molecular flexibility index (Phi) is 2.88. The van der Waals surface area contributed by atoms with Crippen molar-refractivity contribution in [2.75, 3.05) is 0 Å². The van der Waals surface area contributed by atoms with Gasteiger partial charge in [0.1, 0.15) is 11.5 Å². The third kappa shape index (κ3) is 2.21. The van der Waals surface area contributed by atoms with Gasteiger partial charge in [-0.1, -0.05) is 30.3 Å². The second-order valence-electron chi connectivity index (χ2n) is 3.47. The molecule has 16 heavy (non-hydrogen) atoms. The molecule has 0 aliphatic rings. The number of ether oxygens (including phenoxy) is 1. The van der Waals surface area contributed by atoms with Crippen molar-refractivity contribution in [3.05, 3.63) is 65.5 Å². The molecule has 0 saturated carbocycles. The molecule has 0 spiro atoms. The lowest BCUT2D eigenvalue weighted by atomic mass is 10.2. The molecule has 2 rings (SSSR count). The quantitative estimate of drug-likeness (QED) is 0.671. The van der Waals surface area contributed by atoms with Crippen LogP contribution in [0.2, 0.25) is 0 Å². The second kappa shape index (κ2) is 4.50. The van der Waals surface area contributed by atoms with Gasteiger partial charge in [-0.3, -0.25) is 0 Å². The van der Waals surface area contributed by atoms with E-state index in [1.165, 1.54) is 0 Å². The summed E-state index contributed by atoms with van der Waals surface area (Å²) in [6.07, 6.45) is 0. The van der Waals surface area contributed by atoms with Gasteiger partial charge in [-0.15, -0.1) is 0 Å². The molecule has 0 fully saturated rings. The normalized spacial score (nSPS) is 9.50. The molecule has 2 nitrogen and oxygen atoms in total. The molecule has 78 valence electrons. The first kappa shape index (κ1) is 10.3. The number of benzene rings is 2. The van der Waals surface area contributed by atoms with Crippen LogP contribution in [0, 0.1) is 13.5 Å². The van der Waals surface area contributed by atoms with Gasteiger partial charge in [-0.05, 0) is 30.7 Å². The van der Waals surface area contributed by atoms with E-state index in [4.69, 9.17) is 11.3 Å². The van der Waals surface area contributed by atoms with Gasteiger partial charge in [0, 0.05) is 0 Å². The number of rotatable bonds is 2. The minimum Gasteiger partial charge on any atom is -0.457 e. The average Bonchev–Trinajstić information content (AvgIpc) is 2.33. The van der Waals surface area contributed by atoms with Crippen LogP contribution in [0.15, 0.2) is 48.5 Å². The maximum Gasteiger partial charge on any atom is 0.187 e. The zero-order valence-electron chi connectivity index (χ0n) is 8.97. The van der Waals surface area contributed by atoms with E-state index >= 15 is 0 Å². The topological polar surface area (TPSA) is 13.6 Å². The van der Waals surface area contributed by atoms with Gasteiger partial charge < -0.3 is 4.74 Å². The van der Waals surface area contributed by atoms with Gasteiger partial charge >= 0.3 is 0 Å². The fraction of sp³-hybridized carbons (Fsp3) is 0.0714. The SMILES string of the molecule is [C-]#[N+]c1ccc(Oc2ccccc2C)cc1. The number of hydrogen-bond donors (Lipinski definition) is 0. The minimum atomic E-state index is 0.622. The van der Waals surface area contributed by atoms with E-state index in [0.717, 1.165) is 17.1 Å². The van der Waals surface area contributed by atoms with Gasteiger partial charge in [0.05, 0.1) is 6.57 Å². The van der Waals surface area contributed by atoms with E-state index in [1.54, 1.807) is 24.3 Å². The molecule has 0 unspecified atom stereocenters. The molecule has 0 heterocycles. The van der Waals surface area contributed by atoms with Crippen molar-refractivity contribution in [2.45, 2.75) is 6.92 Å². The Balaban J connectivity index is 2.22. The Hall–Kier alpha value is -2.27. The number of nitrogens with zero attached hydrogens (tertiary/aromatic N) is 1. The van der Waals surface area contributed by atoms with E-state index in [-0.39, 0.29) is 0 Å². The first-order chi connectivity index (χ1) is 7.79. The number of hydrogen-bond acceptors (Lipinski definition) is 1. The van der Waals surface area contributed by atoms with Crippen molar-refractivity contribution in [2.24, 2.45) is 0 Å². The molecule has 0 atom stereocenters. The van der Waals surface area contributed by atoms with Crippen LogP contribution in [0.1, 0.15) is 5.56 Å². The van der Waals surface area contributed by atoms with Crippen molar-refractivity contribution in [3.8, 4) is 11.5 Å². The monoisotopic (exact) mass is 209 g/mol. The fourth-order valence-electron chi connectivity index (χ4n) is 1.39. The van der Waals surface area contributed by atoms with Crippen LogP contribution in [-0.2, 0) is 0 Å². The van der Waals surface area contributed by atoms with Gasteiger partial charge in [-0.2, -0.15) is 0 Å². The molecule has 0 amide bonds. The van der Waals surface area contributed by atoms with E-state index in [9.17, 15) is 0 Å². The van der Waals surface area contributed by atoms with Crippen molar-refractivity contribution in [1.82, 2.24) is 0 Å². The molecule has 0 radical (unpaired) electrons. The maximum absolute atomic E-state index is 6.85. The van der Waals surface area contributed by atoms with Gasteiger partial charge in [-0.25, -0.2) is 4.85 Å². The lowest BCUT2D eigenvalue weighted by molar-refractivity contribution is 0.479. The molecular weight excluding hydrogens is 198 g/mol. The predicted octanol–water partition coefficient (Wildman–Crippen LogP) is 4.34. The zero-order valence-corrected chi connectivity index (χ0v) is 8.97. The van der Waals surface area contributed by atoms with E-state index in [1.807, 2.05) is 31.2 Å². The van der Waals surface area contributed by atoms with E-state index < -0.39 is 0 Å². The largest absolute Gasteiger partial charge is 0.457 e. The molecule has 0 saturated heterocycles. The summed E-state index contributed by atoms with van der Waals surface area (Å²) in [6.45, 7) is 8.86. The van der Waals surface area contributed by atoms with Crippen LogP contribution in [0.25, 0.3) is 4.85 Å². The smallest absolute Gasteiger partial charge is 0.187 e.